The predicted molar refractivity (Wildman–Crippen MR) is 73.7 cm³/mol. The molecule has 0 bridgehead atoms. The van der Waals surface area contributed by atoms with Gasteiger partial charge in [-0.15, -0.1) is 0 Å². The van der Waals surface area contributed by atoms with E-state index in [0.29, 0.717) is 5.52 Å². The molecule has 0 atom stereocenters. The number of aliphatic carboxylic acids is 1. The highest BCUT2D eigenvalue weighted by Gasteiger charge is 2.20. The summed E-state index contributed by atoms with van der Waals surface area (Å²) < 4.78 is 1.29. The molecular formula is C13H9Cl2NO3. The number of hydrogen-bond donors (Lipinski definition) is 1. The maximum atomic E-state index is 12.1. The van der Waals surface area contributed by atoms with Crippen LogP contribution in [0.5, 0.6) is 0 Å². The maximum absolute atomic E-state index is 12.1. The zero-order valence-electron chi connectivity index (χ0n) is 9.85. The topological polar surface area (TPSA) is 59.3 Å². The maximum Gasteiger partial charge on any atom is 0.349 e. The van der Waals surface area contributed by atoms with Crippen LogP contribution in [0.4, 0.5) is 0 Å². The second-order valence-electron chi connectivity index (χ2n) is 3.94. The van der Waals surface area contributed by atoms with Crippen LogP contribution < -0.4 is 0 Å². The van der Waals surface area contributed by atoms with Gasteiger partial charge in [0.15, 0.2) is 0 Å². The zero-order chi connectivity index (χ0) is 14.2. The second kappa shape index (κ2) is 5.07. The highest BCUT2D eigenvalue weighted by Crippen LogP contribution is 2.24. The van der Waals surface area contributed by atoms with Crippen LogP contribution in [-0.2, 0) is 4.79 Å². The van der Waals surface area contributed by atoms with E-state index in [9.17, 15) is 9.59 Å². The fourth-order valence-corrected chi connectivity index (χ4v) is 2.06. The first-order valence-corrected chi connectivity index (χ1v) is 6.09. The number of aryl methyl sites for hydroxylation is 1. The van der Waals surface area contributed by atoms with E-state index in [1.165, 1.54) is 4.57 Å². The van der Waals surface area contributed by atoms with Gasteiger partial charge in [0, 0.05) is 11.6 Å². The highest BCUT2D eigenvalue weighted by molar-refractivity contribution is 6.53. The molecule has 0 fully saturated rings. The summed E-state index contributed by atoms with van der Waals surface area (Å²) >= 11 is 11.2. The first-order chi connectivity index (χ1) is 8.93. The molecule has 0 saturated heterocycles. The van der Waals surface area contributed by atoms with Gasteiger partial charge in [-0.25, -0.2) is 4.79 Å². The van der Waals surface area contributed by atoms with Crippen LogP contribution in [0.2, 0.25) is 0 Å². The van der Waals surface area contributed by atoms with Gasteiger partial charge in [0.25, 0.3) is 5.91 Å². The van der Waals surface area contributed by atoms with Crippen molar-refractivity contribution in [2.24, 2.45) is 0 Å². The highest BCUT2D eigenvalue weighted by atomic mass is 35.5. The average Bonchev–Trinajstić information content (AvgIpc) is 2.74. The number of para-hydroxylation sites is 1. The minimum absolute atomic E-state index is 0.519. The van der Waals surface area contributed by atoms with Gasteiger partial charge in [-0.1, -0.05) is 41.4 Å². The monoisotopic (exact) mass is 297 g/mol. The van der Waals surface area contributed by atoms with Gasteiger partial charge in [-0.2, -0.15) is 0 Å². The average molecular weight is 298 g/mol. The van der Waals surface area contributed by atoms with Crippen LogP contribution in [0, 0.1) is 6.92 Å². The summed E-state index contributed by atoms with van der Waals surface area (Å²) in [5.41, 5.74) is 1.54. The van der Waals surface area contributed by atoms with Crippen LogP contribution in [0.15, 0.2) is 40.5 Å². The van der Waals surface area contributed by atoms with Crippen LogP contribution in [0.3, 0.4) is 0 Å². The van der Waals surface area contributed by atoms with Gasteiger partial charge in [0.05, 0.1) is 5.52 Å². The third-order valence-corrected chi connectivity index (χ3v) is 3.50. The first kappa shape index (κ1) is 13.6. The summed E-state index contributed by atoms with van der Waals surface area (Å²) in [6, 6.07) is 7.25. The molecule has 98 valence electrons. The number of carbonyl (C=O) groups excluding carboxylic acids is 1. The van der Waals surface area contributed by atoms with Gasteiger partial charge in [0.1, 0.15) is 10.1 Å². The number of carboxylic acids is 1. The van der Waals surface area contributed by atoms with Crippen molar-refractivity contribution in [1.82, 2.24) is 4.57 Å². The Labute approximate surface area is 118 Å². The molecular weight excluding hydrogens is 289 g/mol. The normalized spacial score (nSPS) is 12.4. The Hall–Kier alpha value is -1.78. The van der Waals surface area contributed by atoms with E-state index in [0.717, 1.165) is 10.9 Å². The van der Waals surface area contributed by atoms with E-state index in [1.807, 2.05) is 19.1 Å². The molecule has 1 N–H and O–H groups in total. The van der Waals surface area contributed by atoms with Crippen molar-refractivity contribution in [2.45, 2.75) is 6.92 Å². The predicted octanol–water partition coefficient (Wildman–Crippen LogP) is 3.36. The molecule has 0 aliphatic carbocycles. The standard InChI is InChI=1S/C13H9Cl2NO3/c1-7-6-16(9-5-3-2-4-8(7)9)12(17)10(14)11(15)13(18)19/h2-6H,1H3,(H,18,19)/b11-10+. The Morgan fingerprint density at radius 1 is 1.16 bits per heavy atom. The van der Waals surface area contributed by atoms with Crippen molar-refractivity contribution in [3.05, 3.63) is 46.1 Å². The van der Waals surface area contributed by atoms with E-state index in [-0.39, 0.29) is 0 Å². The summed E-state index contributed by atoms with van der Waals surface area (Å²) in [5, 5.41) is 8.42. The van der Waals surface area contributed by atoms with Crippen molar-refractivity contribution in [3.8, 4) is 0 Å². The first-order valence-electron chi connectivity index (χ1n) is 5.33. The third-order valence-electron chi connectivity index (χ3n) is 2.70. The molecule has 2 rings (SSSR count). The fraction of sp³-hybridized carbons (Fsp3) is 0.0769. The van der Waals surface area contributed by atoms with E-state index in [1.54, 1.807) is 18.3 Å². The third kappa shape index (κ3) is 2.37. The van der Waals surface area contributed by atoms with Crippen molar-refractivity contribution >= 4 is 46.0 Å². The molecule has 0 amide bonds. The van der Waals surface area contributed by atoms with Gasteiger partial charge < -0.3 is 5.11 Å². The molecule has 0 spiro atoms. The Balaban J connectivity index is 2.60. The molecule has 0 saturated carbocycles. The summed E-state index contributed by atoms with van der Waals surface area (Å²) in [7, 11) is 0. The SMILES string of the molecule is Cc1cn(C(=O)/C(Cl)=C(\Cl)C(=O)O)c2ccccc12. The molecule has 0 radical (unpaired) electrons. The summed E-state index contributed by atoms with van der Waals surface area (Å²) in [6.07, 6.45) is 1.60. The lowest BCUT2D eigenvalue weighted by atomic mass is 10.2. The van der Waals surface area contributed by atoms with Gasteiger partial charge in [0.2, 0.25) is 0 Å². The zero-order valence-corrected chi connectivity index (χ0v) is 11.4. The van der Waals surface area contributed by atoms with Crippen LogP contribution in [0.1, 0.15) is 10.4 Å². The lowest BCUT2D eigenvalue weighted by Gasteiger charge is -2.03. The van der Waals surface area contributed by atoms with E-state index in [4.69, 9.17) is 28.3 Å². The smallest absolute Gasteiger partial charge is 0.349 e. The number of fused-ring (bicyclic) bond motifs is 1. The molecule has 1 aromatic heterocycles. The minimum atomic E-state index is -1.44. The number of hydrogen-bond acceptors (Lipinski definition) is 2. The van der Waals surface area contributed by atoms with Crippen molar-refractivity contribution in [1.29, 1.82) is 0 Å². The number of carbonyl (C=O) groups is 2. The van der Waals surface area contributed by atoms with Crippen LogP contribution in [0.25, 0.3) is 10.9 Å². The van der Waals surface area contributed by atoms with Gasteiger partial charge in [-0.05, 0) is 18.6 Å². The Kier molecular flexibility index (Phi) is 3.64. The quantitative estimate of drug-likeness (QED) is 0.865. The molecule has 6 heteroatoms. The Morgan fingerprint density at radius 2 is 1.79 bits per heavy atom. The second-order valence-corrected chi connectivity index (χ2v) is 4.69. The van der Waals surface area contributed by atoms with E-state index >= 15 is 0 Å². The number of benzene rings is 1. The summed E-state index contributed by atoms with van der Waals surface area (Å²) in [6.45, 7) is 1.85. The number of nitrogens with zero attached hydrogens (tertiary/aromatic N) is 1. The summed E-state index contributed by atoms with van der Waals surface area (Å²) in [5.74, 6) is -2.11. The van der Waals surface area contributed by atoms with Gasteiger partial charge >= 0.3 is 5.97 Å². The lowest BCUT2D eigenvalue weighted by Crippen LogP contribution is -2.12. The van der Waals surface area contributed by atoms with Crippen LogP contribution >= 0.6 is 23.2 Å². The minimum Gasteiger partial charge on any atom is -0.477 e. The lowest BCUT2D eigenvalue weighted by molar-refractivity contribution is -0.131. The molecule has 1 aromatic carbocycles. The van der Waals surface area contributed by atoms with E-state index in [2.05, 4.69) is 0 Å². The van der Waals surface area contributed by atoms with Crippen molar-refractivity contribution in [3.63, 3.8) is 0 Å². The molecule has 2 aromatic rings. The number of halogens is 2. The molecule has 0 aliphatic rings. The summed E-state index contributed by atoms with van der Waals surface area (Å²) in [4.78, 5) is 22.9. The Bertz CT molecular complexity index is 716. The number of aromatic nitrogens is 1. The number of allylic oxidation sites excluding steroid dienone is 1. The molecule has 4 nitrogen and oxygen atoms in total. The van der Waals surface area contributed by atoms with E-state index < -0.39 is 21.9 Å². The largest absolute Gasteiger partial charge is 0.477 e. The number of rotatable bonds is 2. The van der Waals surface area contributed by atoms with Crippen molar-refractivity contribution in [2.75, 3.05) is 0 Å². The molecule has 1 heterocycles. The molecule has 0 aliphatic heterocycles. The number of carboxylic acid groups (broad SMARTS) is 1. The van der Waals surface area contributed by atoms with Crippen molar-refractivity contribution < 1.29 is 14.7 Å². The Morgan fingerprint density at radius 3 is 2.42 bits per heavy atom. The van der Waals surface area contributed by atoms with Gasteiger partial charge in [-0.3, -0.25) is 9.36 Å². The van der Waals surface area contributed by atoms with Crippen LogP contribution in [-0.4, -0.2) is 21.6 Å². The fourth-order valence-electron chi connectivity index (χ4n) is 1.81. The molecule has 19 heavy (non-hydrogen) atoms. The molecule has 0 unspecified atom stereocenters.